The molecule has 1 saturated heterocycles. The van der Waals surface area contributed by atoms with Crippen LogP contribution in [-0.4, -0.2) is 80.4 Å². The maximum Gasteiger partial charge on any atom is 0.289 e. The fraction of sp³-hybridized carbons (Fsp3) is 0.429. The first kappa shape index (κ1) is 16.1. The van der Waals surface area contributed by atoms with E-state index in [4.69, 9.17) is 4.74 Å². The molecule has 1 fully saturated rings. The van der Waals surface area contributed by atoms with E-state index >= 15 is 0 Å². The first-order chi connectivity index (χ1) is 11.6. The number of nitrogens with one attached hydrogen (secondary N) is 3. The summed E-state index contributed by atoms with van der Waals surface area (Å²) in [5.41, 5.74) is -1.11. The van der Waals surface area contributed by atoms with Crippen molar-refractivity contribution in [2.24, 2.45) is 0 Å². The van der Waals surface area contributed by atoms with E-state index in [1.807, 2.05) is 0 Å². The predicted octanol–water partition coefficient (Wildman–Crippen LogP) is -1.23. The van der Waals surface area contributed by atoms with Crippen molar-refractivity contribution in [3.05, 3.63) is 36.2 Å². The molecular weight excluding hydrogens is 316 g/mol. The minimum atomic E-state index is -1.39. The number of β-amino-alcohol motifs (C(OH)–C–C–N with tert-alkyl or cyclic N) is 1. The van der Waals surface area contributed by atoms with Gasteiger partial charge in [0.05, 0.1) is 26.3 Å². The quantitative estimate of drug-likeness (QED) is 0.552. The minimum Gasteiger partial charge on any atom is -0.384 e. The van der Waals surface area contributed by atoms with E-state index in [-0.39, 0.29) is 37.1 Å². The number of H-pyrrole nitrogens is 2. The van der Waals surface area contributed by atoms with Gasteiger partial charge in [-0.15, -0.1) is 0 Å². The number of aliphatic hydroxyl groups is 1. The zero-order valence-corrected chi connectivity index (χ0v) is 12.9. The summed E-state index contributed by atoms with van der Waals surface area (Å²) in [5, 5.41) is 19.6. The molecule has 0 aliphatic carbocycles. The number of carbonyl (C=O) groups excluding carboxylic acids is 2. The van der Waals surface area contributed by atoms with Gasteiger partial charge in [0.1, 0.15) is 11.3 Å². The number of hydrogen-bond acceptors (Lipinski definition) is 6. The molecule has 0 saturated carbocycles. The second-order valence-corrected chi connectivity index (χ2v) is 5.59. The normalized spacial score (nSPS) is 21.3. The average molecular weight is 334 g/mol. The number of ether oxygens (including phenoxy) is 1. The highest BCUT2D eigenvalue weighted by molar-refractivity contribution is 5.92. The third kappa shape index (κ3) is 3.60. The lowest BCUT2D eigenvalue weighted by atomic mass is 10.0. The first-order valence-electron chi connectivity index (χ1n) is 7.44. The van der Waals surface area contributed by atoms with Gasteiger partial charge in [0.15, 0.2) is 5.82 Å². The maximum atomic E-state index is 12.4. The van der Waals surface area contributed by atoms with E-state index in [1.54, 1.807) is 6.20 Å². The summed E-state index contributed by atoms with van der Waals surface area (Å²) in [5.74, 6) is -0.529. The summed E-state index contributed by atoms with van der Waals surface area (Å²) in [6.07, 6.45) is 4.50. The fourth-order valence-corrected chi connectivity index (χ4v) is 2.45. The van der Waals surface area contributed by atoms with Crippen LogP contribution in [0.3, 0.4) is 0 Å². The van der Waals surface area contributed by atoms with Crippen molar-refractivity contribution >= 4 is 11.8 Å². The Morgan fingerprint density at radius 1 is 1.46 bits per heavy atom. The summed E-state index contributed by atoms with van der Waals surface area (Å²) in [7, 11) is 0. The number of nitrogens with zero attached hydrogens (tertiary/aromatic N) is 3. The first-order valence-corrected chi connectivity index (χ1v) is 7.44. The summed E-state index contributed by atoms with van der Waals surface area (Å²) in [6, 6.07) is 1.52. The highest BCUT2D eigenvalue weighted by atomic mass is 16.5. The Kier molecular flexibility index (Phi) is 4.58. The van der Waals surface area contributed by atoms with Crippen molar-refractivity contribution in [3.63, 3.8) is 0 Å². The third-order valence-electron chi connectivity index (χ3n) is 3.67. The molecule has 0 bridgehead atoms. The number of imidazole rings is 1. The topological polar surface area (TPSA) is 136 Å². The largest absolute Gasteiger partial charge is 0.384 e. The van der Waals surface area contributed by atoms with Gasteiger partial charge in [-0.05, 0) is 6.07 Å². The number of rotatable bonds is 4. The Balaban J connectivity index is 1.64. The molecule has 128 valence electrons. The minimum absolute atomic E-state index is 0.0121. The van der Waals surface area contributed by atoms with Crippen LogP contribution in [0.1, 0.15) is 21.1 Å². The molecule has 0 aromatic carbocycles. The van der Waals surface area contributed by atoms with Crippen LogP contribution in [0.5, 0.6) is 0 Å². The fourth-order valence-electron chi connectivity index (χ4n) is 2.45. The number of aromatic amines is 2. The van der Waals surface area contributed by atoms with Crippen molar-refractivity contribution in [1.29, 1.82) is 0 Å². The SMILES string of the molecule is O=C(NCC1(O)COCCN(C(=O)c2ncc[nH]2)C1)c1ccn[nH]1. The molecule has 24 heavy (non-hydrogen) atoms. The van der Waals surface area contributed by atoms with E-state index in [0.717, 1.165) is 0 Å². The maximum absolute atomic E-state index is 12.4. The summed E-state index contributed by atoms with van der Waals surface area (Å²) >= 11 is 0. The molecule has 0 spiro atoms. The molecule has 4 N–H and O–H groups in total. The number of hydrogen-bond donors (Lipinski definition) is 4. The Hall–Kier alpha value is -2.72. The molecule has 10 heteroatoms. The average Bonchev–Trinajstić information content (AvgIpc) is 3.25. The van der Waals surface area contributed by atoms with Crippen molar-refractivity contribution < 1.29 is 19.4 Å². The van der Waals surface area contributed by atoms with Gasteiger partial charge in [-0.25, -0.2) is 4.98 Å². The van der Waals surface area contributed by atoms with Gasteiger partial charge in [-0.1, -0.05) is 0 Å². The van der Waals surface area contributed by atoms with Crippen LogP contribution in [0.15, 0.2) is 24.7 Å². The van der Waals surface area contributed by atoms with Crippen LogP contribution >= 0.6 is 0 Å². The van der Waals surface area contributed by atoms with E-state index in [1.165, 1.54) is 23.4 Å². The summed E-state index contributed by atoms with van der Waals surface area (Å²) in [4.78, 5) is 32.5. The number of amides is 2. The summed E-state index contributed by atoms with van der Waals surface area (Å²) < 4.78 is 5.38. The molecule has 1 aliphatic heterocycles. The molecule has 3 heterocycles. The standard InChI is InChI=1S/C14H18N6O4/c21-12(10-1-2-18-19-10)17-7-14(23)8-20(5-6-24-9-14)13(22)11-15-3-4-16-11/h1-4,23H,5-9H2,(H,15,16)(H,17,21)(H,18,19). The van der Waals surface area contributed by atoms with Gasteiger partial charge < -0.3 is 25.0 Å². The molecular formula is C14H18N6O4. The van der Waals surface area contributed by atoms with Crippen LogP contribution in [0.4, 0.5) is 0 Å². The van der Waals surface area contributed by atoms with E-state index < -0.39 is 11.5 Å². The third-order valence-corrected chi connectivity index (χ3v) is 3.67. The lowest BCUT2D eigenvalue weighted by molar-refractivity contribution is -0.0325. The molecule has 2 aromatic rings. The number of aromatic nitrogens is 4. The van der Waals surface area contributed by atoms with Gasteiger partial charge in [0.25, 0.3) is 11.8 Å². The van der Waals surface area contributed by atoms with Crippen LogP contribution < -0.4 is 5.32 Å². The van der Waals surface area contributed by atoms with Gasteiger partial charge in [0, 0.05) is 25.1 Å². The van der Waals surface area contributed by atoms with Gasteiger partial charge >= 0.3 is 0 Å². The Morgan fingerprint density at radius 3 is 3.04 bits per heavy atom. The molecule has 2 amide bonds. The van der Waals surface area contributed by atoms with Crippen molar-refractivity contribution in [2.45, 2.75) is 5.60 Å². The summed E-state index contributed by atoms with van der Waals surface area (Å²) in [6.45, 7) is 0.598. The zero-order chi connectivity index (χ0) is 17.0. The van der Waals surface area contributed by atoms with Crippen molar-refractivity contribution in [2.75, 3.05) is 32.8 Å². The second kappa shape index (κ2) is 6.81. The van der Waals surface area contributed by atoms with Crippen molar-refractivity contribution in [1.82, 2.24) is 30.4 Å². The molecule has 10 nitrogen and oxygen atoms in total. The monoisotopic (exact) mass is 334 g/mol. The lowest BCUT2D eigenvalue weighted by Crippen LogP contribution is -2.53. The molecule has 1 atom stereocenters. The zero-order valence-electron chi connectivity index (χ0n) is 12.9. The molecule has 2 aromatic heterocycles. The molecule has 0 radical (unpaired) electrons. The van der Waals surface area contributed by atoms with Crippen LogP contribution in [0.25, 0.3) is 0 Å². The Morgan fingerprint density at radius 2 is 2.33 bits per heavy atom. The van der Waals surface area contributed by atoms with Gasteiger partial charge in [-0.2, -0.15) is 5.10 Å². The number of carbonyl (C=O) groups is 2. The lowest BCUT2D eigenvalue weighted by Gasteiger charge is -2.30. The van der Waals surface area contributed by atoms with Crippen LogP contribution in [0.2, 0.25) is 0 Å². The van der Waals surface area contributed by atoms with Crippen molar-refractivity contribution in [3.8, 4) is 0 Å². The van der Waals surface area contributed by atoms with Gasteiger partial charge in [0.2, 0.25) is 0 Å². The second-order valence-electron chi connectivity index (χ2n) is 5.59. The molecule has 1 aliphatic rings. The Bertz CT molecular complexity index is 686. The Labute approximate surface area is 137 Å². The predicted molar refractivity (Wildman–Crippen MR) is 81.2 cm³/mol. The highest BCUT2D eigenvalue weighted by Crippen LogP contribution is 2.14. The van der Waals surface area contributed by atoms with Crippen LogP contribution in [0, 0.1) is 0 Å². The highest BCUT2D eigenvalue weighted by Gasteiger charge is 2.35. The molecule has 1 unspecified atom stereocenters. The van der Waals surface area contributed by atoms with Gasteiger partial charge in [-0.3, -0.25) is 14.7 Å². The smallest absolute Gasteiger partial charge is 0.289 e. The van der Waals surface area contributed by atoms with E-state index in [0.29, 0.717) is 13.2 Å². The molecule has 3 rings (SSSR count). The van der Waals surface area contributed by atoms with Crippen LogP contribution in [-0.2, 0) is 4.74 Å². The van der Waals surface area contributed by atoms with E-state index in [2.05, 4.69) is 25.5 Å². The van der Waals surface area contributed by atoms with E-state index in [9.17, 15) is 14.7 Å².